The van der Waals surface area contributed by atoms with E-state index in [-0.39, 0.29) is 16.6 Å². The molecule has 1 atom stereocenters. The standard InChI is InChI=1S/C21H26N4O3S2/c1-25(16-8-4-3-5-9-16)14-13-22-21(26)18(12-15-29-2)23-20-17-10-6-7-11-19(17)30(27,28)24-20/h3-11,18H,12-15H2,1-2H3,(H,22,26)(H,23,24). The molecule has 1 heterocycles. The quantitative estimate of drug-likeness (QED) is 0.616. The summed E-state index contributed by atoms with van der Waals surface area (Å²) in [6.45, 7) is 1.12. The van der Waals surface area contributed by atoms with E-state index in [0.29, 0.717) is 25.1 Å². The lowest BCUT2D eigenvalue weighted by Crippen LogP contribution is -2.39. The summed E-state index contributed by atoms with van der Waals surface area (Å²) in [4.78, 5) is 19.6. The van der Waals surface area contributed by atoms with Crippen LogP contribution in [0.15, 0.2) is 64.5 Å². The van der Waals surface area contributed by atoms with Gasteiger partial charge >= 0.3 is 0 Å². The molecule has 9 heteroatoms. The molecular weight excluding hydrogens is 420 g/mol. The van der Waals surface area contributed by atoms with Crippen molar-refractivity contribution in [1.82, 2.24) is 10.0 Å². The van der Waals surface area contributed by atoms with Gasteiger partial charge in [-0.1, -0.05) is 30.3 Å². The molecule has 0 bridgehead atoms. The van der Waals surface area contributed by atoms with E-state index in [1.165, 1.54) is 6.07 Å². The Balaban J connectivity index is 1.68. The van der Waals surface area contributed by atoms with Crippen LogP contribution in [-0.2, 0) is 14.8 Å². The average molecular weight is 447 g/mol. The number of para-hydroxylation sites is 1. The number of anilines is 1. The van der Waals surface area contributed by atoms with E-state index in [9.17, 15) is 13.2 Å². The van der Waals surface area contributed by atoms with Crippen LogP contribution in [0.3, 0.4) is 0 Å². The molecule has 160 valence electrons. The SMILES string of the molecule is CSCCC(N=C1NS(=O)(=O)c2ccccc21)C(=O)NCCN(C)c1ccccc1. The van der Waals surface area contributed by atoms with Crippen LogP contribution >= 0.6 is 11.8 Å². The van der Waals surface area contributed by atoms with Gasteiger partial charge in [0.2, 0.25) is 5.91 Å². The fourth-order valence-electron chi connectivity index (χ4n) is 3.15. The van der Waals surface area contributed by atoms with Crippen LogP contribution in [0.1, 0.15) is 12.0 Å². The molecule has 0 aliphatic carbocycles. The minimum absolute atomic E-state index is 0.192. The van der Waals surface area contributed by atoms with Gasteiger partial charge in [-0.25, -0.2) is 8.42 Å². The van der Waals surface area contributed by atoms with E-state index >= 15 is 0 Å². The van der Waals surface area contributed by atoms with Crippen LogP contribution < -0.4 is 14.9 Å². The van der Waals surface area contributed by atoms with Crippen LogP contribution in [0.5, 0.6) is 0 Å². The first-order chi connectivity index (χ1) is 14.4. The zero-order chi connectivity index (χ0) is 21.6. The second-order valence-corrected chi connectivity index (χ2v) is 9.56. The molecule has 1 aliphatic heterocycles. The predicted octanol–water partition coefficient (Wildman–Crippen LogP) is 2.10. The largest absolute Gasteiger partial charge is 0.373 e. The minimum Gasteiger partial charge on any atom is -0.373 e. The number of thioether (sulfide) groups is 1. The van der Waals surface area contributed by atoms with Crippen LogP contribution in [0.2, 0.25) is 0 Å². The fourth-order valence-corrected chi connectivity index (χ4v) is 4.84. The molecule has 0 saturated carbocycles. The smallest absolute Gasteiger partial charge is 0.263 e. The van der Waals surface area contributed by atoms with Crippen LogP contribution in [0, 0.1) is 0 Å². The topological polar surface area (TPSA) is 90.9 Å². The van der Waals surface area contributed by atoms with Gasteiger partial charge in [0.15, 0.2) is 0 Å². The van der Waals surface area contributed by atoms with Gasteiger partial charge in [0.1, 0.15) is 11.9 Å². The summed E-state index contributed by atoms with van der Waals surface area (Å²) in [5.41, 5.74) is 1.58. The van der Waals surface area contributed by atoms with E-state index < -0.39 is 16.1 Å². The average Bonchev–Trinajstić information content (AvgIpc) is 3.01. The lowest BCUT2D eigenvalue weighted by atomic mass is 10.2. The number of fused-ring (bicyclic) bond motifs is 1. The number of nitrogens with zero attached hydrogens (tertiary/aromatic N) is 2. The highest BCUT2D eigenvalue weighted by Gasteiger charge is 2.31. The summed E-state index contributed by atoms with van der Waals surface area (Å²) in [5.74, 6) is 0.766. The molecule has 0 saturated heterocycles. The monoisotopic (exact) mass is 446 g/mol. The summed E-state index contributed by atoms with van der Waals surface area (Å²) < 4.78 is 27.1. The van der Waals surface area contributed by atoms with Crippen molar-refractivity contribution >= 4 is 39.2 Å². The summed E-state index contributed by atoms with van der Waals surface area (Å²) >= 11 is 1.62. The van der Waals surface area contributed by atoms with Crippen molar-refractivity contribution in [2.24, 2.45) is 4.99 Å². The van der Waals surface area contributed by atoms with Crippen molar-refractivity contribution in [3.05, 3.63) is 60.2 Å². The Labute approximate surface area is 182 Å². The Hall–Kier alpha value is -2.52. The summed E-state index contributed by atoms with van der Waals surface area (Å²) in [7, 11) is -1.66. The number of benzene rings is 2. The third kappa shape index (κ3) is 5.34. The first-order valence-electron chi connectivity index (χ1n) is 9.65. The van der Waals surface area contributed by atoms with Gasteiger partial charge in [-0.05, 0) is 42.7 Å². The molecule has 0 radical (unpaired) electrons. The number of rotatable bonds is 9. The minimum atomic E-state index is -3.63. The lowest BCUT2D eigenvalue weighted by molar-refractivity contribution is -0.122. The number of hydrogen-bond acceptors (Lipinski definition) is 6. The van der Waals surface area contributed by atoms with E-state index in [4.69, 9.17) is 0 Å². The molecule has 0 spiro atoms. The summed E-state index contributed by atoms with van der Waals surface area (Å²) in [6, 6.07) is 15.9. The number of carbonyl (C=O) groups is 1. The van der Waals surface area contributed by atoms with E-state index in [1.807, 2.05) is 43.6 Å². The molecule has 7 nitrogen and oxygen atoms in total. The van der Waals surface area contributed by atoms with Crippen molar-refractivity contribution in [1.29, 1.82) is 0 Å². The molecule has 3 rings (SSSR count). The Morgan fingerprint density at radius 2 is 1.87 bits per heavy atom. The van der Waals surface area contributed by atoms with Gasteiger partial charge in [-0.2, -0.15) is 11.8 Å². The van der Waals surface area contributed by atoms with Crippen LogP contribution in [0.25, 0.3) is 0 Å². The Kier molecular flexibility index (Phi) is 7.38. The van der Waals surface area contributed by atoms with E-state index in [0.717, 1.165) is 11.4 Å². The normalized spacial score (nSPS) is 16.5. The molecule has 1 aliphatic rings. The first kappa shape index (κ1) is 22.2. The van der Waals surface area contributed by atoms with Gasteiger partial charge in [-0.15, -0.1) is 0 Å². The maximum absolute atomic E-state index is 12.8. The number of likely N-dealkylation sites (N-methyl/N-ethyl adjacent to an activating group) is 1. The van der Waals surface area contributed by atoms with Gasteiger partial charge in [0, 0.05) is 31.4 Å². The molecule has 2 aromatic rings. The highest BCUT2D eigenvalue weighted by Crippen LogP contribution is 2.23. The zero-order valence-corrected chi connectivity index (χ0v) is 18.7. The van der Waals surface area contributed by atoms with Crippen molar-refractivity contribution in [3.63, 3.8) is 0 Å². The van der Waals surface area contributed by atoms with E-state index in [2.05, 4.69) is 19.9 Å². The molecular formula is C21H26N4O3S2. The Morgan fingerprint density at radius 3 is 2.60 bits per heavy atom. The highest BCUT2D eigenvalue weighted by molar-refractivity contribution is 7.98. The zero-order valence-electron chi connectivity index (χ0n) is 17.0. The number of sulfonamides is 1. The van der Waals surface area contributed by atoms with Gasteiger partial charge in [-0.3, -0.25) is 14.5 Å². The molecule has 1 unspecified atom stereocenters. The molecule has 2 N–H and O–H groups in total. The molecule has 0 fully saturated rings. The number of nitrogens with one attached hydrogen (secondary N) is 2. The summed E-state index contributed by atoms with van der Waals surface area (Å²) in [6.07, 6.45) is 2.49. The van der Waals surface area contributed by atoms with Crippen molar-refractivity contribution in [2.75, 3.05) is 37.0 Å². The lowest BCUT2D eigenvalue weighted by Gasteiger charge is -2.20. The highest BCUT2D eigenvalue weighted by atomic mass is 32.2. The molecule has 0 aromatic heterocycles. The van der Waals surface area contributed by atoms with Crippen molar-refractivity contribution in [2.45, 2.75) is 17.4 Å². The molecule has 30 heavy (non-hydrogen) atoms. The Bertz CT molecular complexity index is 1010. The van der Waals surface area contributed by atoms with Gasteiger partial charge < -0.3 is 10.2 Å². The third-order valence-electron chi connectivity index (χ3n) is 4.79. The maximum Gasteiger partial charge on any atom is 0.263 e. The number of amidine groups is 1. The number of amides is 1. The maximum atomic E-state index is 12.8. The number of hydrogen-bond donors (Lipinski definition) is 2. The fraction of sp³-hybridized carbons (Fsp3) is 0.333. The van der Waals surface area contributed by atoms with Crippen LogP contribution in [0.4, 0.5) is 5.69 Å². The molecule has 2 aromatic carbocycles. The number of aliphatic imine (C=N–C) groups is 1. The van der Waals surface area contributed by atoms with E-state index in [1.54, 1.807) is 30.0 Å². The van der Waals surface area contributed by atoms with Gasteiger partial charge in [0.05, 0.1) is 4.90 Å². The second kappa shape index (κ2) is 9.99. The Morgan fingerprint density at radius 1 is 1.17 bits per heavy atom. The molecule has 1 amide bonds. The first-order valence-corrected chi connectivity index (χ1v) is 12.5. The number of carbonyl (C=O) groups excluding carboxylic acids is 1. The van der Waals surface area contributed by atoms with Crippen LogP contribution in [-0.4, -0.2) is 58.3 Å². The third-order valence-corrected chi connectivity index (χ3v) is 6.83. The summed E-state index contributed by atoms with van der Waals surface area (Å²) in [5, 5.41) is 2.94. The second-order valence-electron chi connectivity index (χ2n) is 6.92. The van der Waals surface area contributed by atoms with Crippen molar-refractivity contribution in [3.8, 4) is 0 Å². The van der Waals surface area contributed by atoms with Crippen molar-refractivity contribution < 1.29 is 13.2 Å². The van der Waals surface area contributed by atoms with Gasteiger partial charge in [0.25, 0.3) is 10.0 Å². The predicted molar refractivity (Wildman–Crippen MR) is 123 cm³/mol.